The van der Waals surface area contributed by atoms with Crippen LogP contribution in [0.3, 0.4) is 0 Å². The number of carbonyl (C=O) groups excluding carboxylic acids is 1. The van der Waals surface area contributed by atoms with E-state index < -0.39 is 6.03 Å². The molecule has 2 rings (SSSR count). The number of anilines is 2. The Bertz CT molecular complexity index is 801. The molecule has 0 saturated carbocycles. The average molecular weight is 388 g/mol. The molecule has 0 radical (unpaired) electrons. The van der Waals surface area contributed by atoms with Gasteiger partial charge in [-0.05, 0) is 23.6 Å². The number of nitrogens with one attached hydrogen (secondary N) is 2. The standard InChI is InChI=1S/C21H28N2O5/c1-21(2,3)16-11-17(27-5)15(12-24)18(19(16)28-13-26-4)23-20(25)22-14-9-7-6-8-10-14/h6-11,24H,12-13H2,1-5H3,(H2,22,23,25). The van der Waals surface area contributed by atoms with E-state index in [2.05, 4.69) is 10.6 Å². The summed E-state index contributed by atoms with van der Waals surface area (Å²) in [6.45, 7) is 5.72. The van der Waals surface area contributed by atoms with Crippen LogP contribution in [0.5, 0.6) is 11.5 Å². The van der Waals surface area contributed by atoms with Crippen molar-refractivity contribution in [2.45, 2.75) is 32.8 Å². The van der Waals surface area contributed by atoms with Gasteiger partial charge in [0.2, 0.25) is 0 Å². The number of benzene rings is 2. The molecule has 0 heterocycles. The van der Waals surface area contributed by atoms with Crippen LogP contribution in [-0.2, 0) is 16.8 Å². The second-order valence-electron chi connectivity index (χ2n) is 7.21. The van der Waals surface area contributed by atoms with Crippen LogP contribution < -0.4 is 20.1 Å². The Morgan fingerprint density at radius 1 is 1.11 bits per heavy atom. The Kier molecular flexibility index (Phi) is 7.25. The molecule has 0 fully saturated rings. The van der Waals surface area contributed by atoms with Crippen LogP contribution in [0.2, 0.25) is 0 Å². The quantitative estimate of drug-likeness (QED) is 0.621. The normalized spacial score (nSPS) is 11.1. The number of methoxy groups -OCH3 is 2. The molecule has 7 nitrogen and oxygen atoms in total. The first kappa shape index (κ1) is 21.5. The molecule has 28 heavy (non-hydrogen) atoms. The van der Waals surface area contributed by atoms with Crippen molar-refractivity contribution in [1.29, 1.82) is 0 Å². The highest BCUT2D eigenvalue weighted by Gasteiger charge is 2.27. The first-order valence-electron chi connectivity index (χ1n) is 8.91. The third-order valence-electron chi connectivity index (χ3n) is 4.12. The predicted octanol–water partition coefficient (Wildman–Crippen LogP) is 4.11. The Morgan fingerprint density at radius 3 is 2.32 bits per heavy atom. The van der Waals surface area contributed by atoms with Crippen molar-refractivity contribution in [3.8, 4) is 11.5 Å². The Morgan fingerprint density at radius 2 is 1.79 bits per heavy atom. The van der Waals surface area contributed by atoms with Crippen molar-refractivity contribution < 1.29 is 24.1 Å². The van der Waals surface area contributed by atoms with Crippen molar-refractivity contribution in [1.82, 2.24) is 0 Å². The predicted molar refractivity (Wildman–Crippen MR) is 109 cm³/mol. The molecule has 0 aliphatic carbocycles. The zero-order valence-corrected chi connectivity index (χ0v) is 17.0. The molecule has 0 saturated heterocycles. The molecule has 152 valence electrons. The van der Waals surface area contributed by atoms with Gasteiger partial charge in [0.1, 0.15) is 5.75 Å². The van der Waals surface area contributed by atoms with Gasteiger partial charge in [0.25, 0.3) is 0 Å². The summed E-state index contributed by atoms with van der Waals surface area (Å²) in [4.78, 5) is 12.6. The Balaban J connectivity index is 2.52. The number of aliphatic hydroxyl groups is 1. The third-order valence-corrected chi connectivity index (χ3v) is 4.12. The van der Waals surface area contributed by atoms with Gasteiger partial charge in [0, 0.05) is 23.9 Å². The lowest BCUT2D eigenvalue weighted by Gasteiger charge is -2.27. The minimum absolute atomic E-state index is 0.00470. The van der Waals surface area contributed by atoms with Crippen LogP contribution in [0, 0.1) is 0 Å². The molecule has 0 aromatic heterocycles. The second-order valence-corrected chi connectivity index (χ2v) is 7.21. The first-order valence-corrected chi connectivity index (χ1v) is 8.91. The molecule has 0 bridgehead atoms. The fraction of sp³-hybridized carbons (Fsp3) is 0.381. The number of urea groups is 1. The van der Waals surface area contributed by atoms with Crippen molar-refractivity contribution >= 4 is 17.4 Å². The topological polar surface area (TPSA) is 89.1 Å². The number of para-hydroxylation sites is 1. The summed E-state index contributed by atoms with van der Waals surface area (Å²) in [5.41, 5.74) is 1.91. The van der Waals surface area contributed by atoms with Gasteiger partial charge in [0.05, 0.1) is 19.4 Å². The molecular formula is C21H28N2O5. The minimum atomic E-state index is -0.462. The summed E-state index contributed by atoms with van der Waals surface area (Å²) in [7, 11) is 3.03. The van der Waals surface area contributed by atoms with Gasteiger partial charge in [-0.15, -0.1) is 0 Å². The monoisotopic (exact) mass is 388 g/mol. The molecule has 0 aliphatic heterocycles. The van der Waals surface area contributed by atoms with Gasteiger partial charge in [-0.25, -0.2) is 4.79 Å². The maximum atomic E-state index is 12.6. The maximum absolute atomic E-state index is 12.6. The van der Waals surface area contributed by atoms with E-state index in [1.165, 1.54) is 14.2 Å². The number of hydrogen-bond acceptors (Lipinski definition) is 5. The van der Waals surface area contributed by atoms with E-state index in [9.17, 15) is 9.90 Å². The smallest absolute Gasteiger partial charge is 0.323 e. The number of carbonyl (C=O) groups is 1. The lowest BCUT2D eigenvalue weighted by Crippen LogP contribution is -2.23. The van der Waals surface area contributed by atoms with Gasteiger partial charge >= 0.3 is 6.03 Å². The number of amides is 2. The fourth-order valence-electron chi connectivity index (χ4n) is 2.77. The van der Waals surface area contributed by atoms with Crippen molar-refractivity contribution in [3.63, 3.8) is 0 Å². The van der Waals surface area contributed by atoms with E-state index >= 15 is 0 Å². The molecule has 3 N–H and O–H groups in total. The molecule has 2 amide bonds. The van der Waals surface area contributed by atoms with E-state index in [1.807, 2.05) is 45.0 Å². The number of aliphatic hydroxyl groups excluding tert-OH is 1. The fourth-order valence-corrected chi connectivity index (χ4v) is 2.77. The molecule has 2 aromatic carbocycles. The summed E-state index contributed by atoms with van der Waals surface area (Å²) >= 11 is 0. The molecule has 0 unspecified atom stereocenters. The van der Waals surface area contributed by atoms with Gasteiger partial charge < -0.3 is 30.0 Å². The summed E-state index contributed by atoms with van der Waals surface area (Å²) in [5, 5.41) is 15.5. The average Bonchev–Trinajstić information content (AvgIpc) is 2.66. The van der Waals surface area contributed by atoms with E-state index in [4.69, 9.17) is 14.2 Å². The van der Waals surface area contributed by atoms with Crippen LogP contribution in [0.4, 0.5) is 16.2 Å². The van der Waals surface area contributed by atoms with Crippen LogP contribution in [0.1, 0.15) is 31.9 Å². The summed E-state index contributed by atoms with van der Waals surface area (Å²) < 4.78 is 16.3. The molecule has 0 atom stereocenters. The summed E-state index contributed by atoms with van der Waals surface area (Å²) in [5.74, 6) is 0.898. The highest BCUT2D eigenvalue weighted by atomic mass is 16.7. The van der Waals surface area contributed by atoms with Crippen LogP contribution in [0.15, 0.2) is 36.4 Å². The van der Waals surface area contributed by atoms with E-state index in [0.717, 1.165) is 5.56 Å². The van der Waals surface area contributed by atoms with Crippen LogP contribution in [-0.4, -0.2) is 32.2 Å². The third kappa shape index (κ3) is 5.15. The SMILES string of the molecule is COCOc1c(C(C)(C)C)cc(OC)c(CO)c1NC(=O)Nc1ccccc1. The van der Waals surface area contributed by atoms with Crippen LogP contribution >= 0.6 is 0 Å². The highest BCUT2D eigenvalue weighted by molar-refractivity contribution is 6.01. The second kappa shape index (κ2) is 9.43. The zero-order valence-electron chi connectivity index (χ0n) is 17.0. The van der Waals surface area contributed by atoms with Crippen molar-refractivity contribution in [3.05, 3.63) is 47.5 Å². The lowest BCUT2D eigenvalue weighted by atomic mass is 9.84. The van der Waals surface area contributed by atoms with Crippen molar-refractivity contribution in [2.75, 3.05) is 31.6 Å². The molecule has 0 aliphatic rings. The van der Waals surface area contributed by atoms with E-state index in [0.29, 0.717) is 28.4 Å². The number of hydrogen-bond donors (Lipinski definition) is 3. The number of rotatable bonds is 7. The van der Waals surface area contributed by atoms with Crippen molar-refractivity contribution in [2.24, 2.45) is 0 Å². The highest BCUT2D eigenvalue weighted by Crippen LogP contribution is 2.44. The van der Waals surface area contributed by atoms with Crippen LogP contribution in [0.25, 0.3) is 0 Å². The minimum Gasteiger partial charge on any atom is -0.496 e. The summed E-state index contributed by atoms with van der Waals surface area (Å²) in [6.07, 6.45) is 0. The first-order chi connectivity index (χ1) is 13.3. The molecule has 7 heteroatoms. The van der Waals surface area contributed by atoms with Gasteiger partial charge in [-0.1, -0.05) is 39.0 Å². The maximum Gasteiger partial charge on any atom is 0.323 e. The largest absolute Gasteiger partial charge is 0.496 e. The van der Waals surface area contributed by atoms with Gasteiger partial charge in [0.15, 0.2) is 12.5 Å². The van der Waals surface area contributed by atoms with E-state index in [1.54, 1.807) is 12.1 Å². The Hall–Kier alpha value is -2.77. The van der Waals surface area contributed by atoms with Gasteiger partial charge in [-0.3, -0.25) is 0 Å². The zero-order chi connectivity index (χ0) is 20.7. The molecule has 0 spiro atoms. The lowest BCUT2D eigenvalue weighted by molar-refractivity contribution is 0.0501. The summed E-state index contributed by atoms with van der Waals surface area (Å²) in [6, 6.07) is 10.4. The Labute approximate surface area is 165 Å². The van der Waals surface area contributed by atoms with E-state index in [-0.39, 0.29) is 18.8 Å². The molecular weight excluding hydrogens is 360 g/mol. The number of ether oxygens (including phenoxy) is 3. The molecule has 2 aromatic rings. The van der Waals surface area contributed by atoms with Gasteiger partial charge in [-0.2, -0.15) is 0 Å².